The normalized spacial score (nSPS) is 15.8. The third kappa shape index (κ3) is 5.11. The van der Waals surface area contributed by atoms with Crippen LogP contribution >= 0.6 is 23.2 Å². The maximum atomic E-state index is 12.5. The fraction of sp³-hybridized carbons (Fsp3) is 0.529. The van der Waals surface area contributed by atoms with E-state index in [4.69, 9.17) is 23.2 Å². The minimum atomic E-state index is -0.0458. The molecular formula is C17H22Cl2N2O2. The van der Waals surface area contributed by atoms with Gasteiger partial charge in [-0.15, -0.1) is 0 Å². The second kappa shape index (κ2) is 8.02. The lowest BCUT2D eigenvalue weighted by atomic mass is 10.0. The summed E-state index contributed by atoms with van der Waals surface area (Å²) in [5.74, 6) is 0.399. The van der Waals surface area contributed by atoms with Gasteiger partial charge in [-0.1, -0.05) is 37.0 Å². The average molecular weight is 357 g/mol. The molecular weight excluding hydrogens is 335 g/mol. The predicted molar refractivity (Wildman–Crippen MR) is 93.0 cm³/mol. The van der Waals surface area contributed by atoms with Gasteiger partial charge < -0.3 is 10.2 Å². The summed E-state index contributed by atoms with van der Waals surface area (Å²) in [6, 6.07) is 5.07. The lowest BCUT2D eigenvalue weighted by Gasteiger charge is -2.32. The highest BCUT2D eigenvalue weighted by Gasteiger charge is 2.25. The summed E-state index contributed by atoms with van der Waals surface area (Å²) < 4.78 is 0. The fourth-order valence-corrected chi connectivity index (χ4v) is 2.99. The Kier molecular flexibility index (Phi) is 6.31. The Labute approximate surface area is 147 Å². The zero-order chi connectivity index (χ0) is 17.0. The van der Waals surface area contributed by atoms with Crippen molar-refractivity contribution >= 4 is 35.0 Å². The van der Waals surface area contributed by atoms with E-state index >= 15 is 0 Å². The van der Waals surface area contributed by atoms with Gasteiger partial charge in [-0.25, -0.2) is 0 Å². The third-order valence-electron chi connectivity index (χ3n) is 3.91. The first-order chi connectivity index (χ1) is 10.9. The molecule has 0 unspecified atom stereocenters. The van der Waals surface area contributed by atoms with Crippen LogP contribution in [0.5, 0.6) is 0 Å². The molecule has 1 heterocycles. The van der Waals surface area contributed by atoms with E-state index in [-0.39, 0.29) is 17.9 Å². The zero-order valence-corrected chi connectivity index (χ0v) is 15.0. The van der Waals surface area contributed by atoms with E-state index in [1.807, 2.05) is 13.8 Å². The number of rotatable bonds is 4. The second-order valence-corrected chi connectivity index (χ2v) is 7.18. The van der Waals surface area contributed by atoms with Crippen LogP contribution in [-0.2, 0) is 4.79 Å². The fourth-order valence-electron chi connectivity index (χ4n) is 2.70. The summed E-state index contributed by atoms with van der Waals surface area (Å²) >= 11 is 11.8. The molecule has 0 radical (unpaired) electrons. The molecule has 1 aliphatic rings. The summed E-state index contributed by atoms with van der Waals surface area (Å²) in [6.45, 7) is 5.31. The first-order valence-electron chi connectivity index (χ1n) is 7.90. The van der Waals surface area contributed by atoms with Crippen LogP contribution in [0.2, 0.25) is 10.0 Å². The second-order valence-electron chi connectivity index (χ2n) is 6.36. The van der Waals surface area contributed by atoms with Crippen molar-refractivity contribution in [1.82, 2.24) is 10.2 Å². The van der Waals surface area contributed by atoms with Crippen molar-refractivity contribution in [1.29, 1.82) is 0 Å². The Morgan fingerprint density at radius 1 is 1.22 bits per heavy atom. The molecule has 2 rings (SSSR count). The molecule has 1 aromatic rings. The summed E-state index contributed by atoms with van der Waals surface area (Å²) in [6.07, 6.45) is 2.09. The Bertz CT molecular complexity index is 582. The largest absolute Gasteiger partial charge is 0.353 e. The van der Waals surface area contributed by atoms with Crippen LogP contribution < -0.4 is 5.32 Å². The number of carbonyl (C=O) groups is 2. The maximum absolute atomic E-state index is 12.5. The molecule has 1 aliphatic heterocycles. The molecule has 0 spiro atoms. The summed E-state index contributed by atoms with van der Waals surface area (Å²) in [4.78, 5) is 26.1. The van der Waals surface area contributed by atoms with E-state index in [2.05, 4.69) is 5.32 Å². The molecule has 0 saturated carbocycles. The monoisotopic (exact) mass is 356 g/mol. The standard InChI is InChI=1S/C17H22Cl2N2O2/c1-11(2)9-16(22)20-13-5-7-21(8-6-13)17(23)12-3-4-14(18)15(19)10-12/h3-4,10-11,13H,5-9H2,1-2H3,(H,20,22). The lowest BCUT2D eigenvalue weighted by Crippen LogP contribution is -2.46. The van der Waals surface area contributed by atoms with E-state index in [1.54, 1.807) is 23.1 Å². The quantitative estimate of drug-likeness (QED) is 0.892. The number of amides is 2. The molecule has 1 aromatic carbocycles. The zero-order valence-electron chi connectivity index (χ0n) is 13.4. The van der Waals surface area contributed by atoms with Gasteiger partial charge in [0, 0.05) is 31.1 Å². The summed E-state index contributed by atoms with van der Waals surface area (Å²) in [5.41, 5.74) is 0.543. The van der Waals surface area contributed by atoms with Crippen LogP contribution in [0.15, 0.2) is 18.2 Å². The van der Waals surface area contributed by atoms with Gasteiger partial charge >= 0.3 is 0 Å². The summed E-state index contributed by atoms with van der Waals surface area (Å²) in [7, 11) is 0. The Morgan fingerprint density at radius 3 is 2.43 bits per heavy atom. The third-order valence-corrected chi connectivity index (χ3v) is 4.65. The number of nitrogens with one attached hydrogen (secondary N) is 1. The van der Waals surface area contributed by atoms with Gasteiger partial charge in [0.05, 0.1) is 10.0 Å². The molecule has 2 amide bonds. The van der Waals surface area contributed by atoms with Gasteiger partial charge in [-0.2, -0.15) is 0 Å². The Balaban J connectivity index is 1.87. The van der Waals surface area contributed by atoms with Gasteiger partial charge in [-0.05, 0) is 37.0 Å². The van der Waals surface area contributed by atoms with Crippen molar-refractivity contribution in [2.24, 2.45) is 5.92 Å². The molecule has 1 saturated heterocycles. The number of likely N-dealkylation sites (tertiary alicyclic amines) is 1. The molecule has 0 aliphatic carbocycles. The van der Waals surface area contributed by atoms with Crippen LogP contribution in [0.4, 0.5) is 0 Å². The molecule has 126 valence electrons. The molecule has 4 nitrogen and oxygen atoms in total. The van der Waals surface area contributed by atoms with Crippen LogP contribution in [0.3, 0.4) is 0 Å². The highest BCUT2D eigenvalue weighted by atomic mass is 35.5. The number of hydrogen-bond acceptors (Lipinski definition) is 2. The minimum Gasteiger partial charge on any atom is -0.353 e. The van der Waals surface area contributed by atoms with Crippen molar-refractivity contribution in [3.05, 3.63) is 33.8 Å². The SMILES string of the molecule is CC(C)CC(=O)NC1CCN(C(=O)c2ccc(Cl)c(Cl)c2)CC1. The molecule has 0 atom stereocenters. The minimum absolute atomic E-state index is 0.0458. The van der Waals surface area contributed by atoms with E-state index in [9.17, 15) is 9.59 Å². The number of nitrogens with zero attached hydrogens (tertiary/aromatic N) is 1. The molecule has 6 heteroatoms. The highest BCUT2D eigenvalue weighted by molar-refractivity contribution is 6.42. The Morgan fingerprint density at radius 2 is 1.87 bits per heavy atom. The van der Waals surface area contributed by atoms with Crippen LogP contribution in [0.25, 0.3) is 0 Å². The van der Waals surface area contributed by atoms with E-state index in [0.717, 1.165) is 12.8 Å². The number of carbonyl (C=O) groups excluding carboxylic acids is 2. The highest BCUT2D eigenvalue weighted by Crippen LogP contribution is 2.24. The van der Waals surface area contributed by atoms with E-state index in [0.29, 0.717) is 41.0 Å². The van der Waals surface area contributed by atoms with E-state index in [1.165, 1.54) is 0 Å². The molecule has 1 N–H and O–H groups in total. The van der Waals surface area contributed by atoms with Crippen molar-refractivity contribution in [2.75, 3.05) is 13.1 Å². The molecule has 0 bridgehead atoms. The van der Waals surface area contributed by atoms with E-state index < -0.39 is 0 Å². The summed E-state index contributed by atoms with van der Waals surface area (Å²) in [5, 5.41) is 3.87. The predicted octanol–water partition coefficient (Wildman–Crippen LogP) is 3.76. The average Bonchev–Trinajstić information content (AvgIpc) is 2.49. The van der Waals surface area contributed by atoms with Crippen LogP contribution in [0, 0.1) is 5.92 Å². The number of hydrogen-bond donors (Lipinski definition) is 1. The van der Waals surface area contributed by atoms with Crippen molar-refractivity contribution in [3.8, 4) is 0 Å². The number of piperidine rings is 1. The smallest absolute Gasteiger partial charge is 0.253 e. The Hall–Kier alpha value is -1.26. The van der Waals surface area contributed by atoms with Gasteiger partial charge in [0.2, 0.25) is 5.91 Å². The first-order valence-corrected chi connectivity index (χ1v) is 8.66. The van der Waals surface area contributed by atoms with Crippen molar-refractivity contribution in [2.45, 2.75) is 39.2 Å². The van der Waals surface area contributed by atoms with Crippen molar-refractivity contribution in [3.63, 3.8) is 0 Å². The van der Waals surface area contributed by atoms with Crippen molar-refractivity contribution < 1.29 is 9.59 Å². The molecule has 0 aromatic heterocycles. The van der Waals surface area contributed by atoms with Gasteiger partial charge in [0.25, 0.3) is 5.91 Å². The number of benzene rings is 1. The lowest BCUT2D eigenvalue weighted by molar-refractivity contribution is -0.122. The topological polar surface area (TPSA) is 49.4 Å². The first kappa shape index (κ1) is 18.1. The number of halogens is 2. The maximum Gasteiger partial charge on any atom is 0.253 e. The molecule has 1 fully saturated rings. The van der Waals surface area contributed by atoms with Crippen LogP contribution in [-0.4, -0.2) is 35.8 Å². The molecule has 23 heavy (non-hydrogen) atoms. The van der Waals surface area contributed by atoms with Crippen LogP contribution in [0.1, 0.15) is 43.5 Å². The van der Waals surface area contributed by atoms with Gasteiger partial charge in [0.1, 0.15) is 0 Å². The van der Waals surface area contributed by atoms with Gasteiger partial charge in [0.15, 0.2) is 0 Å². The van der Waals surface area contributed by atoms with Gasteiger partial charge in [-0.3, -0.25) is 9.59 Å².